The standard InChI is InChI=1S/C36H33BrFN5O4/c1-21-13-27-14-24(15-31(37)43(27)41-21)34(44)42-18-28-29(19-42)33(28)47-32-17-25(16-30(39-32)23-9-11-26(38)12-10-23)36(2,3)40-35(45)46-20-22-7-5-4-6-8-22/h4-17,28-29,33H,18-20H2,1-3H3,(H,40,45)/t28-,29+,33?. The van der Waals surface area contributed by atoms with Gasteiger partial charge in [-0.3, -0.25) is 4.79 Å². The highest BCUT2D eigenvalue weighted by molar-refractivity contribution is 9.10. The molecule has 3 atom stereocenters. The summed E-state index contributed by atoms with van der Waals surface area (Å²) in [4.78, 5) is 32.9. The fourth-order valence-electron chi connectivity index (χ4n) is 6.22. The van der Waals surface area contributed by atoms with E-state index in [2.05, 4.69) is 26.3 Å². The Kier molecular flexibility index (Phi) is 7.95. The number of pyridine rings is 2. The molecule has 0 bridgehead atoms. The van der Waals surface area contributed by atoms with E-state index in [0.717, 1.165) is 26.9 Å². The van der Waals surface area contributed by atoms with Crippen LogP contribution in [0.5, 0.6) is 5.88 Å². The number of hydrogen-bond donors (Lipinski definition) is 1. The van der Waals surface area contributed by atoms with Crippen molar-refractivity contribution in [2.75, 3.05) is 13.1 Å². The van der Waals surface area contributed by atoms with Crippen molar-refractivity contribution < 1.29 is 23.5 Å². The number of likely N-dealkylation sites (tertiary alicyclic amines) is 1. The van der Waals surface area contributed by atoms with E-state index < -0.39 is 11.6 Å². The number of aromatic nitrogens is 3. The summed E-state index contributed by atoms with van der Waals surface area (Å²) >= 11 is 3.54. The molecule has 1 saturated heterocycles. The predicted octanol–water partition coefficient (Wildman–Crippen LogP) is 6.92. The number of nitrogens with zero attached hydrogens (tertiary/aromatic N) is 4. The van der Waals surface area contributed by atoms with Crippen molar-refractivity contribution >= 4 is 33.4 Å². The van der Waals surface area contributed by atoms with Gasteiger partial charge < -0.3 is 19.7 Å². The zero-order valence-corrected chi connectivity index (χ0v) is 27.7. The smallest absolute Gasteiger partial charge is 0.408 e. The summed E-state index contributed by atoms with van der Waals surface area (Å²) in [6.07, 6.45) is -0.654. The summed E-state index contributed by atoms with van der Waals surface area (Å²) in [6, 6.07) is 24.9. The van der Waals surface area contributed by atoms with Crippen LogP contribution in [0.25, 0.3) is 16.8 Å². The van der Waals surface area contributed by atoms with Crippen LogP contribution in [0.15, 0.2) is 89.5 Å². The number of aryl methyl sites for hydroxylation is 1. The normalized spacial score (nSPS) is 18.6. The molecule has 7 rings (SSSR count). The molecule has 240 valence electrons. The van der Waals surface area contributed by atoms with E-state index in [-0.39, 0.29) is 36.3 Å². The SMILES string of the molecule is Cc1cc2cc(C(=O)N3C[C@@H]4C(Oc5cc(C(C)(C)NC(=O)OCc6ccccc6)cc(-c6ccc(F)cc6)n5)[C@@H]4C3)cc(Br)n2n1. The molecule has 2 amide bonds. The Bertz CT molecular complexity index is 1970. The fourth-order valence-corrected chi connectivity index (χ4v) is 6.75. The minimum absolute atomic E-state index is 0.0244. The van der Waals surface area contributed by atoms with Crippen LogP contribution in [0.2, 0.25) is 0 Å². The van der Waals surface area contributed by atoms with Gasteiger partial charge in [0.1, 0.15) is 23.1 Å². The summed E-state index contributed by atoms with van der Waals surface area (Å²) in [5.74, 6) is 0.396. The molecule has 5 aromatic rings. The number of fused-ring (bicyclic) bond motifs is 2. The van der Waals surface area contributed by atoms with Gasteiger partial charge in [-0.15, -0.1) is 0 Å². The number of alkyl carbamates (subject to hydrolysis) is 1. The predicted molar refractivity (Wildman–Crippen MR) is 177 cm³/mol. The maximum atomic E-state index is 13.7. The number of amides is 2. The summed E-state index contributed by atoms with van der Waals surface area (Å²) in [6.45, 7) is 6.98. The van der Waals surface area contributed by atoms with Crippen molar-refractivity contribution in [2.24, 2.45) is 11.8 Å². The number of piperidine rings is 1. The van der Waals surface area contributed by atoms with Gasteiger partial charge in [0, 0.05) is 42.1 Å². The van der Waals surface area contributed by atoms with Gasteiger partial charge in [0.05, 0.1) is 22.4 Å². The molecule has 2 aliphatic rings. The van der Waals surface area contributed by atoms with E-state index in [1.165, 1.54) is 12.1 Å². The van der Waals surface area contributed by atoms with Crippen LogP contribution < -0.4 is 10.1 Å². The maximum absolute atomic E-state index is 13.7. The molecule has 3 aromatic heterocycles. The van der Waals surface area contributed by atoms with Gasteiger partial charge in [-0.1, -0.05) is 30.3 Å². The molecule has 11 heteroatoms. The topological polar surface area (TPSA) is 98.1 Å². The van der Waals surface area contributed by atoms with Crippen molar-refractivity contribution in [1.82, 2.24) is 24.8 Å². The largest absolute Gasteiger partial charge is 0.474 e. The lowest BCUT2D eigenvalue weighted by Crippen LogP contribution is -2.41. The van der Waals surface area contributed by atoms with E-state index >= 15 is 0 Å². The van der Waals surface area contributed by atoms with Gasteiger partial charge in [0.2, 0.25) is 5.88 Å². The maximum Gasteiger partial charge on any atom is 0.408 e. The third-order valence-electron chi connectivity index (χ3n) is 8.84. The number of nitrogens with one attached hydrogen (secondary N) is 1. The molecule has 0 spiro atoms. The van der Waals surface area contributed by atoms with E-state index in [9.17, 15) is 14.0 Å². The van der Waals surface area contributed by atoms with Crippen LogP contribution >= 0.6 is 15.9 Å². The molecule has 2 aromatic carbocycles. The summed E-state index contributed by atoms with van der Waals surface area (Å²) in [5.41, 5.74) is 4.42. The van der Waals surface area contributed by atoms with Crippen molar-refractivity contribution in [3.05, 3.63) is 118 Å². The number of halogens is 2. The first-order valence-corrected chi connectivity index (χ1v) is 16.2. The van der Waals surface area contributed by atoms with Crippen LogP contribution in [0.4, 0.5) is 9.18 Å². The van der Waals surface area contributed by atoms with Gasteiger partial charge >= 0.3 is 6.09 Å². The molecule has 47 heavy (non-hydrogen) atoms. The minimum Gasteiger partial charge on any atom is -0.474 e. The number of carbonyl (C=O) groups is 2. The second-order valence-corrected chi connectivity index (χ2v) is 13.5. The zero-order valence-electron chi connectivity index (χ0n) is 26.1. The molecular weight excluding hydrogens is 665 g/mol. The molecule has 1 unspecified atom stereocenters. The van der Waals surface area contributed by atoms with Crippen molar-refractivity contribution in [3.8, 4) is 17.1 Å². The summed E-state index contributed by atoms with van der Waals surface area (Å²) in [7, 11) is 0. The van der Waals surface area contributed by atoms with Crippen LogP contribution in [-0.4, -0.2) is 50.7 Å². The van der Waals surface area contributed by atoms with Crippen LogP contribution in [-0.2, 0) is 16.9 Å². The second kappa shape index (κ2) is 12.1. The van der Waals surface area contributed by atoms with Gasteiger partial charge in [0.15, 0.2) is 0 Å². The quantitative estimate of drug-likeness (QED) is 0.177. The average molecular weight is 699 g/mol. The van der Waals surface area contributed by atoms with E-state index in [0.29, 0.717) is 35.8 Å². The number of carbonyl (C=O) groups excluding carboxylic acids is 2. The Morgan fingerprint density at radius 1 is 1.00 bits per heavy atom. The van der Waals surface area contributed by atoms with Gasteiger partial charge in [-0.05, 0) is 96.4 Å². The third kappa shape index (κ3) is 6.44. The van der Waals surface area contributed by atoms with Gasteiger partial charge in [-0.25, -0.2) is 18.7 Å². The molecule has 4 heterocycles. The molecular formula is C36H33BrFN5O4. The Balaban J connectivity index is 1.06. The van der Waals surface area contributed by atoms with E-state index in [1.807, 2.05) is 80.3 Å². The Labute approximate surface area is 279 Å². The van der Waals surface area contributed by atoms with Crippen molar-refractivity contribution in [3.63, 3.8) is 0 Å². The highest BCUT2D eigenvalue weighted by atomic mass is 79.9. The summed E-state index contributed by atoms with van der Waals surface area (Å²) < 4.78 is 28.2. The van der Waals surface area contributed by atoms with Crippen LogP contribution in [0.3, 0.4) is 0 Å². The number of rotatable bonds is 8. The lowest BCUT2D eigenvalue weighted by molar-refractivity contribution is 0.0751. The Morgan fingerprint density at radius 3 is 2.45 bits per heavy atom. The monoisotopic (exact) mass is 697 g/mol. The van der Waals surface area contributed by atoms with Crippen LogP contribution in [0.1, 0.15) is 41.0 Å². The van der Waals surface area contributed by atoms with E-state index in [1.54, 1.807) is 22.7 Å². The number of ether oxygens (including phenoxy) is 2. The Hall–Kier alpha value is -4.77. The van der Waals surface area contributed by atoms with Gasteiger partial charge in [-0.2, -0.15) is 5.10 Å². The lowest BCUT2D eigenvalue weighted by atomic mass is 9.93. The first-order chi connectivity index (χ1) is 22.5. The fraction of sp³-hybridized carbons (Fsp3) is 0.278. The molecule has 1 saturated carbocycles. The molecule has 0 radical (unpaired) electrons. The number of hydrogen-bond acceptors (Lipinski definition) is 6. The molecule has 1 aliphatic carbocycles. The first kappa shape index (κ1) is 30.9. The average Bonchev–Trinajstić information content (AvgIpc) is 3.34. The number of benzene rings is 2. The van der Waals surface area contributed by atoms with Crippen molar-refractivity contribution in [2.45, 2.75) is 39.0 Å². The van der Waals surface area contributed by atoms with Crippen LogP contribution in [0, 0.1) is 24.6 Å². The van der Waals surface area contributed by atoms with E-state index in [4.69, 9.17) is 14.5 Å². The second-order valence-electron chi connectivity index (χ2n) is 12.7. The first-order valence-electron chi connectivity index (χ1n) is 15.4. The highest BCUT2D eigenvalue weighted by Gasteiger charge is 2.59. The third-order valence-corrected chi connectivity index (χ3v) is 9.40. The zero-order chi connectivity index (χ0) is 32.9. The lowest BCUT2D eigenvalue weighted by Gasteiger charge is -2.27. The minimum atomic E-state index is -0.852. The van der Waals surface area contributed by atoms with Gasteiger partial charge in [0.25, 0.3) is 5.91 Å². The van der Waals surface area contributed by atoms with Crippen molar-refractivity contribution in [1.29, 1.82) is 0 Å². The summed E-state index contributed by atoms with van der Waals surface area (Å²) in [5, 5.41) is 7.40. The highest BCUT2D eigenvalue weighted by Crippen LogP contribution is 2.48. The molecule has 2 fully saturated rings. The molecule has 9 nitrogen and oxygen atoms in total. The Morgan fingerprint density at radius 2 is 1.72 bits per heavy atom. The molecule has 1 aliphatic heterocycles. The molecule has 1 N–H and O–H groups in total.